The maximum Gasteiger partial charge on any atom is 0.270 e. The zero-order valence-electron chi connectivity index (χ0n) is 23.4. The Morgan fingerprint density at radius 2 is 1.67 bits per heavy atom. The Hall–Kier alpha value is -0.903. The Bertz CT molecular complexity index is 1100. The molecule has 1 aliphatic rings. The average molecular weight is 630 g/mol. The zero-order chi connectivity index (χ0) is 27.4. The Morgan fingerprint density at radius 3 is 2.14 bits per heavy atom. The maximum atomic E-state index is 13.8. The Morgan fingerprint density at radius 1 is 1.11 bits per heavy atom. The van der Waals surface area contributed by atoms with Gasteiger partial charge in [0.15, 0.2) is 8.32 Å². The van der Waals surface area contributed by atoms with Gasteiger partial charge in [-0.2, -0.15) is 0 Å². The van der Waals surface area contributed by atoms with E-state index in [1.807, 2.05) is 0 Å². The van der Waals surface area contributed by atoms with E-state index in [9.17, 15) is 13.9 Å². The van der Waals surface area contributed by atoms with Gasteiger partial charge in [0.25, 0.3) is 5.92 Å². The summed E-state index contributed by atoms with van der Waals surface area (Å²) >= 11 is 2.36. The smallest absolute Gasteiger partial charge is 0.270 e. The Labute approximate surface area is 230 Å². The van der Waals surface area contributed by atoms with Crippen molar-refractivity contribution in [3.05, 3.63) is 61.5 Å². The summed E-state index contributed by atoms with van der Waals surface area (Å²) in [5.41, 5.74) is 4.35. The fraction of sp³-hybridized carbons (Fsp3) is 0.621. The summed E-state index contributed by atoms with van der Waals surface area (Å²) in [5, 5.41) is 11.7. The number of pyridine rings is 1. The van der Waals surface area contributed by atoms with Crippen molar-refractivity contribution < 1.29 is 18.3 Å². The third kappa shape index (κ3) is 6.05. The highest BCUT2D eigenvalue weighted by atomic mass is 127. The van der Waals surface area contributed by atoms with Crippen LogP contribution < -0.4 is 0 Å². The normalized spacial score (nSPS) is 19.4. The second-order valence-corrected chi connectivity index (χ2v) is 18.9. The van der Waals surface area contributed by atoms with Crippen LogP contribution in [-0.2, 0) is 16.8 Å². The van der Waals surface area contributed by atoms with E-state index in [0.29, 0.717) is 5.56 Å². The van der Waals surface area contributed by atoms with E-state index < -0.39 is 20.3 Å². The van der Waals surface area contributed by atoms with Crippen molar-refractivity contribution in [2.24, 2.45) is 5.41 Å². The third-order valence-electron chi connectivity index (χ3n) is 7.82. The SMILES string of the molecule is CC(C)c1nc2c(c(I)c1C(O)c1ccc(C(C)(F)F)cc1)[C@@H](O[Si](C)(C)C(C)(C)C)CC(C)(C)C2. The fourth-order valence-corrected chi connectivity index (χ4v) is 7.20. The summed E-state index contributed by atoms with van der Waals surface area (Å²) < 4.78 is 35.5. The summed E-state index contributed by atoms with van der Waals surface area (Å²) in [6, 6.07) is 6.00. The first kappa shape index (κ1) is 29.6. The quantitative estimate of drug-likeness (QED) is 0.256. The fourth-order valence-electron chi connectivity index (χ4n) is 4.70. The molecule has 1 aromatic carbocycles. The minimum Gasteiger partial charge on any atom is -0.410 e. The van der Waals surface area contributed by atoms with Gasteiger partial charge in [0.2, 0.25) is 0 Å². The summed E-state index contributed by atoms with van der Waals surface area (Å²) in [6.07, 6.45) is 0.681. The molecule has 1 N–H and O–H groups in total. The summed E-state index contributed by atoms with van der Waals surface area (Å²) in [4.78, 5) is 5.17. The lowest BCUT2D eigenvalue weighted by molar-refractivity contribution is 0.0174. The van der Waals surface area contributed by atoms with Crippen molar-refractivity contribution >= 4 is 30.9 Å². The standard InChI is InChI=1S/C29H42F2INO2Si/c1-17(2)25-23(26(34)18-11-13-19(14-12-18)29(8,30)31)24(32)22-20(33-25)15-28(6,7)16-21(22)35-36(9,10)27(3,4)5/h11-14,17,21,26,34H,15-16H2,1-10H3/t21-,26?/m0/s1. The van der Waals surface area contributed by atoms with E-state index in [2.05, 4.69) is 84.2 Å². The van der Waals surface area contributed by atoms with Gasteiger partial charge in [-0.15, -0.1) is 0 Å². The van der Waals surface area contributed by atoms with Gasteiger partial charge >= 0.3 is 0 Å². The number of hydrogen-bond acceptors (Lipinski definition) is 3. The monoisotopic (exact) mass is 629 g/mol. The number of alkyl halides is 2. The molecule has 7 heteroatoms. The van der Waals surface area contributed by atoms with Crippen LogP contribution in [0.15, 0.2) is 24.3 Å². The zero-order valence-corrected chi connectivity index (χ0v) is 26.5. The lowest BCUT2D eigenvalue weighted by Crippen LogP contribution is -2.44. The van der Waals surface area contributed by atoms with Crippen LogP contribution in [0.1, 0.15) is 114 Å². The molecule has 0 spiro atoms. The molecule has 0 aliphatic heterocycles. The molecule has 1 heterocycles. The topological polar surface area (TPSA) is 42.4 Å². The van der Waals surface area contributed by atoms with Crippen LogP contribution in [-0.4, -0.2) is 18.4 Å². The average Bonchev–Trinajstić information content (AvgIpc) is 2.70. The largest absolute Gasteiger partial charge is 0.410 e. The molecule has 1 aromatic heterocycles. The molecule has 2 atom stereocenters. The number of nitrogens with zero attached hydrogens (tertiary/aromatic N) is 1. The predicted octanol–water partition coefficient (Wildman–Crippen LogP) is 9.04. The minimum atomic E-state index is -2.92. The van der Waals surface area contributed by atoms with Gasteiger partial charge < -0.3 is 9.53 Å². The van der Waals surface area contributed by atoms with E-state index >= 15 is 0 Å². The molecule has 36 heavy (non-hydrogen) atoms. The van der Waals surface area contributed by atoms with Gasteiger partial charge in [0.1, 0.15) is 6.10 Å². The number of fused-ring (bicyclic) bond motifs is 1. The van der Waals surface area contributed by atoms with Gasteiger partial charge in [-0.25, -0.2) is 8.78 Å². The van der Waals surface area contributed by atoms with E-state index in [0.717, 1.165) is 45.9 Å². The van der Waals surface area contributed by atoms with Crippen molar-refractivity contribution in [3.63, 3.8) is 0 Å². The van der Waals surface area contributed by atoms with Crippen LogP contribution >= 0.6 is 22.6 Å². The van der Waals surface area contributed by atoms with E-state index in [4.69, 9.17) is 9.41 Å². The van der Waals surface area contributed by atoms with Crippen LogP contribution in [0.2, 0.25) is 18.1 Å². The molecular formula is C29H42F2INO2Si. The molecule has 200 valence electrons. The summed E-state index contributed by atoms with van der Waals surface area (Å²) in [5.74, 6) is -2.83. The number of aliphatic hydroxyl groups excluding tert-OH is 1. The van der Waals surface area contributed by atoms with Gasteiger partial charge in [-0.05, 0) is 70.5 Å². The number of benzene rings is 1. The predicted molar refractivity (Wildman–Crippen MR) is 154 cm³/mol. The second kappa shape index (κ2) is 10.0. The summed E-state index contributed by atoms with van der Waals surface area (Å²) in [7, 11) is -2.08. The second-order valence-electron chi connectivity index (χ2n) is 13.1. The first-order chi connectivity index (χ1) is 16.2. The van der Waals surface area contributed by atoms with Gasteiger partial charge in [-0.3, -0.25) is 4.98 Å². The lowest BCUT2D eigenvalue weighted by atomic mass is 9.74. The van der Waals surface area contributed by atoms with E-state index in [1.54, 1.807) is 12.1 Å². The molecular weight excluding hydrogens is 587 g/mol. The van der Waals surface area contributed by atoms with Crippen molar-refractivity contribution in [1.29, 1.82) is 0 Å². The van der Waals surface area contributed by atoms with Gasteiger partial charge in [0.05, 0.1) is 11.8 Å². The van der Waals surface area contributed by atoms with Crippen molar-refractivity contribution in [3.8, 4) is 0 Å². The minimum absolute atomic E-state index is 0.0473. The number of hydrogen-bond donors (Lipinski definition) is 1. The van der Waals surface area contributed by atoms with Crippen molar-refractivity contribution in [2.75, 3.05) is 0 Å². The third-order valence-corrected chi connectivity index (χ3v) is 13.5. The molecule has 0 fully saturated rings. The first-order valence-corrected chi connectivity index (χ1v) is 16.8. The molecule has 0 saturated carbocycles. The Kier molecular flexibility index (Phi) is 8.24. The molecule has 0 radical (unpaired) electrons. The van der Waals surface area contributed by atoms with Crippen LogP contribution in [0.4, 0.5) is 8.78 Å². The van der Waals surface area contributed by atoms with Crippen LogP contribution in [0, 0.1) is 8.99 Å². The highest BCUT2D eigenvalue weighted by molar-refractivity contribution is 14.1. The van der Waals surface area contributed by atoms with E-state index in [1.165, 1.54) is 12.1 Å². The molecule has 0 amide bonds. The maximum absolute atomic E-state index is 13.8. The molecule has 3 rings (SSSR count). The highest BCUT2D eigenvalue weighted by Crippen LogP contribution is 2.50. The first-order valence-electron chi connectivity index (χ1n) is 12.8. The Balaban J connectivity index is 2.18. The van der Waals surface area contributed by atoms with Gasteiger partial charge in [-0.1, -0.05) is 72.7 Å². The van der Waals surface area contributed by atoms with Crippen LogP contribution in [0.5, 0.6) is 0 Å². The number of rotatable bonds is 6. The van der Waals surface area contributed by atoms with Crippen molar-refractivity contribution in [1.82, 2.24) is 4.98 Å². The molecule has 1 unspecified atom stereocenters. The van der Waals surface area contributed by atoms with E-state index in [-0.39, 0.29) is 28.0 Å². The molecule has 0 bridgehead atoms. The number of aliphatic hydroxyl groups is 1. The summed E-state index contributed by atoms with van der Waals surface area (Å²) in [6.45, 7) is 20.9. The molecule has 3 nitrogen and oxygen atoms in total. The van der Waals surface area contributed by atoms with Gasteiger partial charge in [0, 0.05) is 32.9 Å². The highest BCUT2D eigenvalue weighted by Gasteiger charge is 2.44. The lowest BCUT2D eigenvalue weighted by Gasteiger charge is -2.44. The van der Waals surface area contributed by atoms with Crippen molar-refractivity contribution in [2.45, 2.75) is 110 Å². The molecule has 2 aromatic rings. The molecule has 1 aliphatic carbocycles. The number of aromatic nitrogens is 1. The van der Waals surface area contributed by atoms with Crippen LogP contribution in [0.25, 0.3) is 0 Å². The number of halogens is 3. The molecule has 0 saturated heterocycles. The van der Waals surface area contributed by atoms with Crippen LogP contribution in [0.3, 0.4) is 0 Å².